The fourth-order valence-corrected chi connectivity index (χ4v) is 3.57. The Kier molecular flexibility index (Phi) is 3.92. The first-order valence-corrected chi connectivity index (χ1v) is 8.49. The molecule has 1 N–H and O–H groups in total. The Morgan fingerprint density at radius 2 is 2.24 bits per heavy atom. The number of hydrogen-bond acceptors (Lipinski definition) is 3. The van der Waals surface area contributed by atoms with E-state index in [-0.39, 0.29) is 17.8 Å². The monoisotopic (exact) mass is 358 g/mol. The predicted octanol–water partition coefficient (Wildman–Crippen LogP) is 4.04. The number of H-pyrrole nitrogens is 1. The molecule has 1 aromatic carbocycles. The van der Waals surface area contributed by atoms with E-state index in [0.29, 0.717) is 28.3 Å². The number of rotatable bonds is 2. The first kappa shape index (κ1) is 16.0. The molecule has 0 radical (unpaired) electrons. The third-order valence-corrected chi connectivity index (χ3v) is 4.92. The van der Waals surface area contributed by atoms with Gasteiger partial charge in [0.05, 0.1) is 11.6 Å². The van der Waals surface area contributed by atoms with Gasteiger partial charge in [0, 0.05) is 34.4 Å². The number of pyridine rings is 1. The molecular weight excluding hydrogens is 343 g/mol. The highest BCUT2D eigenvalue weighted by atomic mass is 35.5. The van der Waals surface area contributed by atoms with Crippen molar-refractivity contribution >= 4 is 28.5 Å². The van der Waals surface area contributed by atoms with Gasteiger partial charge in [0.15, 0.2) is 5.65 Å². The number of aromatic amines is 1. The molecule has 25 heavy (non-hydrogen) atoms. The van der Waals surface area contributed by atoms with Crippen molar-refractivity contribution in [2.24, 2.45) is 0 Å². The minimum absolute atomic E-state index is 0.146. The maximum absolute atomic E-state index is 14.3. The van der Waals surface area contributed by atoms with E-state index in [1.165, 1.54) is 12.3 Å². The van der Waals surface area contributed by atoms with Gasteiger partial charge in [0.2, 0.25) is 0 Å². The van der Waals surface area contributed by atoms with Gasteiger partial charge >= 0.3 is 0 Å². The highest BCUT2D eigenvalue weighted by molar-refractivity contribution is 6.30. The average Bonchev–Trinajstić information content (AvgIpc) is 3.21. The smallest absolute Gasteiger partial charge is 0.255 e. The minimum atomic E-state index is -0.378. The summed E-state index contributed by atoms with van der Waals surface area (Å²) in [6.45, 7) is 2.47. The van der Waals surface area contributed by atoms with Crippen LogP contribution in [0.25, 0.3) is 11.0 Å². The van der Waals surface area contributed by atoms with E-state index in [2.05, 4.69) is 15.2 Å². The van der Waals surface area contributed by atoms with Crippen LogP contribution in [-0.2, 0) is 0 Å². The van der Waals surface area contributed by atoms with Crippen molar-refractivity contribution in [2.45, 2.75) is 25.8 Å². The van der Waals surface area contributed by atoms with Gasteiger partial charge in [-0.25, -0.2) is 9.37 Å². The van der Waals surface area contributed by atoms with Crippen LogP contribution in [0.15, 0.2) is 30.5 Å². The summed E-state index contributed by atoms with van der Waals surface area (Å²) in [5, 5.41) is 8.10. The van der Waals surface area contributed by atoms with Crippen LogP contribution in [0.2, 0.25) is 5.02 Å². The molecule has 4 rings (SSSR count). The molecule has 128 valence electrons. The number of fused-ring (bicyclic) bond motifs is 1. The Morgan fingerprint density at radius 1 is 1.40 bits per heavy atom. The highest BCUT2D eigenvalue weighted by Crippen LogP contribution is 2.35. The minimum Gasteiger partial charge on any atom is -0.331 e. The lowest BCUT2D eigenvalue weighted by Crippen LogP contribution is -2.31. The standard InChI is InChI=1S/C18H16ClFN4O/c1-10-14-7-11(9-21-17(14)23-22-10)18(25)24-6-2-3-16(24)13-5-4-12(19)8-15(13)20/h4-5,7-9,16H,2-3,6H2,1H3,(H,21,22,23)/t16-/m0/s1. The molecular formula is C18H16ClFN4O. The Hall–Kier alpha value is -2.47. The lowest BCUT2D eigenvalue weighted by molar-refractivity contribution is 0.0733. The fraction of sp³-hybridized carbons (Fsp3) is 0.278. The molecule has 0 unspecified atom stereocenters. The van der Waals surface area contributed by atoms with E-state index < -0.39 is 0 Å². The third kappa shape index (κ3) is 2.76. The predicted molar refractivity (Wildman–Crippen MR) is 93.0 cm³/mol. The second-order valence-electron chi connectivity index (χ2n) is 6.27. The number of aryl methyl sites for hydroxylation is 1. The van der Waals surface area contributed by atoms with Crippen molar-refractivity contribution in [3.8, 4) is 0 Å². The number of carbonyl (C=O) groups is 1. The number of halogens is 2. The topological polar surface area (TPSA) is 61.9 Å². The van der Waals surface area contributed by atoms with Crippen LogP contribution >= 0.6 is 11.6 Å². The van der Waals surface area contributed by atoms with Gasteiger partial charge in [0.1, 0.15) is 5.82 Å². The molecule has 1 atom stereocenters. The quantitative estimate of drug-likeness (QED) is 0.752. The van der Waals surface area contributed by atoms with Crippen molar-refractivity contribution in [3.63, 3.8) is 0 Å². The Labute approximate surface area is 148 Å². The van der Waals surface area contributed by atoms with E-state index in [9.17, 15) is 9.18 Å². The molecule has 0 aliphatic carbocycles. The molecule has 5 nitrogen and oxygen atoms in total. The van der Waals surface area contributed by atoms with Gasteiger partial charge in [-0.05, 0) is 38.0 Å². The van der Waals surface area contributed by atoms with Gasteiger partial charge in [-0.3, -0.25) is 9.89 Å². The van der Waals surface area contributed by atoms with Gasteiger partial charge in [-0.15, -0.1) is 0 Å². The largest absolute Gasteiger partial charge is 0.331 e. The van der Waals surface area contributed by atoms with E-state index >= 15 is 0 Å². The van der Waals surface area contributed by atoms with Crippen LogP contribution in [0.5, 0.6) is 0 Å². The van der Waals surface area contributed by atoms with Crippen molar-refractivity contribution in [3.05, 3.63) is 58.1 Å². The number of aromatic nitrogens is 3. The molecule has 1 fully saturated rings. The SMILES string of the molecule is Cc1[nH]nc2ncc(C(=O)N3CCC[C@H]3c3ccc(Cl)cc3F)cc12. The maximum atomic E-state index is 14.3. The molecule has 3 aromatic rings. The number of benzene rings is 1. The summed E-state index contributed by atoms with van der Waals surface area (Å²) in [6.07, 6.45) is 3.09. The zero-order chi connectivity index (χ0) is 17.6. The summed E-state index contributed by atoms with van der Waals surface area (Å²) in [5.74, 6) is -0.525. The highest BCUT2D eigenvalue weighted by Gasteiger charge is 2.32. The zero-order valence-electron chi connectivity index (χ0n) is 13.6. The summed E-state index contributed by atoms with van der Waals surface area (Å²) in [4.78, 5) is 18.9. The molecule has 0 bridgehead atoms. The van der Waals surface area contributed by atoms with Crippen molar-refractivity contribution < 1.29 is 9.18 Å². The molecule has 1 aliphatic rings. The Morgan fingerprint density at radius 3 is 3.04 bits per heavy atom. The van der Waals surface area contributed by atoms with Crippen LogP contribution in [0.1, 0.15) is 40.5 Å². The lowest BCUT2D eigenvalue weighted by Gasteiger charge is -2.25. The summed E-state index contributed by atoms with van der Waals surface area (Å²) < 4.78 is 14.3. The third-order valence-electron chi connectivity index (χ3n) is 4.68. The number of nitrogens with zero attached hydrogens (tertiary/aromatic N) is 3. The van der Waals surface area contributed by atoms with Gasteiger partial charge in [-0.2, -0.15) is 5.10 Å². The summed E-state index contributed by atoms with van der Waals surface area (Å²) in [6, 6.07) is 6.11. The van der Waals surface area contributed by atoms with Crippen LogP contribution in [0.3, 0.4) is 0 Å². The first-order chi connectivity index (χ1) is 12.0. The second kappa shape index (κ2) is 6.11. The number of carbonyl (C=O) groups excluding carboxylic acids is 1. The molecule has 0 saturated carbocycles. The normalized spacial score (nSPS) is 17.4. The lowest BCUT2D eigenvalue weighted by atomic mass is 10.0. The van der Waals surface area contributed by atoms with Crippen molar-refractivity contribution in [1.29, 1.82) is 0 Å². The van der Waals surface area contributed by atoms with Crippen LogP contribution in [0.4, 0.5) is 4.39 Å². The van der Waals surface area contributed by atoms with E-state index in [0.717, 1.165) is 23.9 Å². The first-order valence-electron chi connectivity index (χ1n) is 8.11. The van der Waals surface area contributed by atoms with Crippen molar-refractivity contribution in [2.75, 3.05) is 6.54 Å². The number of amides is 1. The van der Waals surface area contributed by atoms with E-state index in [1.807, 2.05) is 6.92 Å². The number of nitrogens with one attached hydrogen (secondary N) is 1. The van der Waals surface area contributed by atoms with Crippen molar-refractivity contribution in [1.82, 2.24) is 20.1 Å². The summed E-state index contributed by atoms with van der Waals surface area (Å²) >= 11 is 5.84. The molecule has 1 amide bonds. The Balaban J connectivity index is 1.68. The van der Waals surface area contributed by atoms with E-state index in [1.54, 1.807) is 23.1 Å². The maximum Gasteiger partial charge on any atom is 0.255 e. The molecule has 7 heteroatoms. The molecule has 1 aliphatic heterocycles. The van der Waals surface area contributed by atoms with E-state index in [4.69, 9.17) is 11.6 Å². The number of likely N-dealkylation sites (tertiary alicyclic amines) is 1. The van der Waals surface area contributed by atoms with Crippen LogP contribution in [0, 0.1) is 12.7 Å². The molecule has 0 spiro atoms. The Bertz CT molecular complexity index is 971. The zero-order valence-corrected chi connectivity index (χ0v) is 14.3. The van der Waals surface area contributed by atoms with Gasteiger partial charge in [-0.1, -0.05) is 17.7 Å². The molecule has 3 heterocycles. The number of hydrogen-bond donors (Lipinski definition) is 1. The van der Waals surface area contributed by atoms with Crippen LogP contribution < -0.4 is 0 Å². The van der Waals surface area contributed by atoms with Crippen LogP contribution in [-0.4, -0.2) is 32.5 Å². The average molecular weight is 359 g/mol. The summed E-state index contributed by atoms with van der Waals surface area (Å²) in [5.41, 5.74) is 2.43. The molecule has 1 saturated heterocycles. The molecule has 2 aromatic heterocycles. The van der Waals surface area contributed by atoms with Gasteiger partial charge < -0.3 is 4.90 Å². The second-order valence-corrected chi connectivity index (χ2v) is 6.70. The fourth-order valence-electron chi connectivity index (χ4n) is 3.41. The summed E-state index contributed by atoms with van der Waals surface area (Å²) in [7, 11) is 0. The van der Waals surface area contributed by atoms with Gasteiger partial charge in [0.25, 0.3) is 5.91 Å².